The Bertz CT molecular complexity index is 317. The van der Waals surface area contributed by atoms with E-state index in [-0.39, 0.29) is 5.78 Å². The monoisotopic (exact) mass is 198 g/mol. The van der Waals surface area contributed by atoms with E-state index in [0.29, 0.717) is 5.69 Å². The lowest BCUT2D eigenvalue weighted by Crippen LogP contribution is -2.44. The van der Waals surface area contributed by atoms with Crippen LogP contribution in [0.5, 0.6) is 0 Å². The van der Waals surface area contributed by atoms with Crippen molar-refractivity contribution >= 4 is 17.1 Å². The third kappa shape index (κ3) is 2.14. The van der Waals surface area contributed by atoms with Crippen molar-refractivity contribution in [1.29, 1.82) is 0 Å². The second kappa shape index (κ2) is 3.55. The molecule has 0 bridgehead atoms. The quantitative estimate of drug-likeness (QED) is 0.751. The number of nitrogens with zero attached hydrogens (tertiary/aromatic N) is 1. The number of carbonyl (C=O) groups is 1. The fourth-order valence-electron chi connectivity index (χ4n) is 0.901. The number of aryl methyl sites for hydroxylation is 1. The van der Waals surface area contributed by atoms with E-state index in [1.807, 2.05) is 20.8 Å². The largest absolute Gasteiger partial charge is 0.308 e. The minimum atomic E-state index is -0.527. The summed E-state index contributed by atoms with van der Waals surface area (Å²) < 4.78 is 0. The Kier molecular flexibility index (Phi) is 2.83. The normalized spacial score (nSPS) is 11.7. The maximum absolute atomic E-state index is 11.8. The molecule has 4 heteroatoms. The number of thiazole rings is 1. The number of hydrogen-bond donors (Lipinski definition) is 1. The second-order valence-corrected chi connectivity index (χ2v) is 4.52. The fourth-order valence-corrected chi connectivity index (χ4v) is 1.49. The Morgan fingerprint density at radius 1 is 1.62 bits per heavy atom. The van der Waals surface area contributed by atoms with E-state index in [2.05, 4.69) is 10.3 Å². The summed E-state index contributed by atoms with van der Waals surface area (Å²) in [5, 5.41) is 5.69. The van der Waals surface area contributed by atoms with Crippen LogP contribution in [0.25, 0.3) is 0 Å². The minimum absolute atomic E-state index is 0.0411. The van der Waals surface area contributed by atoms with Gasteiger partial charge in [0.2, 0.25) is 5.78 Å². The van der Waals surface area contributed by atoms with Gasteiger partial charge in [-0.2, -0.15) is 0 Å². The zero-order chi connectivity index (χ0) is 10.1. The van der Waals surface area contributed by atoms with Gasteiger partial charge in [0.05, 0.1) is 10.5 Å². The average Bonchev–Trinajstić information content (AvgIpc) is 2.50. The molecular formula is C9H14N2OS. The highest BCUT2D eigenvalue weighted by atomic mass is 32.1. The first-order valence-corrected chi connectivity index (χ1v) is 5.01. The van der Waals surface area contributed by atoms with Gasteiger partial charge in [-0.05, 0) is 27.8 Å². The van der Waals surface area contributed by atoms with Crippen molar-refractivity contribution < 1.29 is 4.79 Å². The first-order valence-electron chi connectivity index (χ1n) is 4.13. The smallest absolute Gasteiger partial charge is 0.201 e. The van der Waals surface area contributed by atoms with Gasteiger partial charge in [0.15, 0.2) is 0 Å². The highest BCUT2D eigenvalue weighted by Crippen LogP contribution is 2.14. The van der Waals surface area contributed by atoms with Gasteiger partial charge in [-0.3, -0.25) is 4.79 Å². The van der Waals surface area contributed by atoms with Gasteiger partial charge in [-0.15, -0.1) is 11.3 Å². The lowest BCUT2D eigenvalue weighted by Gasteiger charge is -2.20. The summed E-state index contributed by atoms with van der Waals surface area (Å²) in [7, 11) is 1.77. The van der Waals surface area contributed by atoms with Crippen LogP contribution in [0.4, 0.5) is 0 Å². The third-order valence-electron chi connectivity index (χ3n) is 2.04. The van der Waals surface area contributed by atoms with Gasteiger partial charge in [-0.25, -0.2) is 4.98 Å². The molecule has 72 valence electrons. The number of carbonyl (C=O) groups excluding carboxylic acids is 1. The molecule has 0 aliphatic heterocycles. The lowest BCUT2D eigenvalue weighted by molar-refractivity contribution is 0.0885. The van der Waals surface area contributed by atoms with Crippen molar-refractivity contribution in [2.45, 2.75) is 26.3 Å². The Balaban J connectivity index is 2.91. The molecule has 3 nitrogen and oxygen atoms in total. The molecule has 0 saturated carbocycles. The Hall–Kier alpha value is -0.740. The van der Waals surface area contributed by atoms with E-state index in [4.69, 9.17) is 0 Å². The van der Waals surface area contributed by atoms with Crippen molar-refractivity contribution in [2.75, 3.05) is 7.05 Å². The Morgan fingerprint density at radius 2 is 2.23 bits per heavy atom. The van der Waals surface area contributed by atoms with Gasteiger partial charge in [-0.1, -0.05) is 0 Å². The first-order chi connectivity index (χ1) is 5.97. The minimum Gasteiger partial charge on any atom is -0.308 e. The second-order valence-electron chi connectivity index (χ2n) is 3.46. The molecule has 0 atom stereocenters. The van der Waals surface area contributed by atoms with E-state index >= 15 is 0 Å². The molecule has 1 heterocycles. The molecule has 0 unspecified atom stereocenters. The molecule has 0 radical (unpaired) electrons. The summed E-state index contributed by atoms with van der Waals surface area (Å²) in [6.07, 6.45) is 0. The molecule has 0 spiro atoms. The summed E-state index contributed by atoms with van der Waals surface area (Å²) in [6.45, 7) is 5.60. The highest BCUT2D eigenvalue weighted by molar-refractivity contribution is 7.09. The van der Waals surface area contributed by atoms with Crippen molar-refractivity contribution in [1.82, 2.24) is 10.3 Å². The summed E-state index contributed by atoms with van der Waals surface area (Å²) in [5.74, 6) is 0.0411. The summed E-state index contributed by atoms with van der Waals surface area (Å²) in [4.78, 5) is 15.9. The molecule has 0 fully saturated rings. The highest BCUT2D eigenvalue weighted by Gasteiger charge is 2.27. The van der Waals surface area contributed by atoms with Crippen LogP contribution < -0.4 is 5.32 Å². The van der Waals surface area contributed by atoms with Crippen LogP contribution in [0.3, 0.4) is 0 Å². The summed E-state index contributed by atoms with van der Waals surface area (Å²) in [5.41, 5.74) is 0.0300. The van der Waals surface area contributed by atoms with Crippen LogP contribution in [-0.4, -0.2) is 23.4 Å². The molecule has 1 aromatic heterocycles. The van der Waals surface area contributed by atoms with Gasteiger partial charge in [0.25, 0.3) is 0 Å². The molecule has 0 saturated heterocycles. The van der Waals surface area contributed by atoms with E-state index < -0.39 is 5.54 Å². The van der Waals surface area contributed by atoms with Crippen LogP contribution in [-0.2, 0) is 0 Å². The maximum Gasteiger partial charge on any atom is 0.201 e. The molecule has 13 heavy (non-hydrogen) atoms. The van der Waals surface area contributed by atoms with Crippen molar-refractivity contribution in [2.24, 2.45) is 0 Å². The first kappa shape index (κ1) is 10.3. The molecule has 1 aromatic rings. The molecule has 1 N–H and O–H groups in total. The summed E-state index contributed by atoms with van der Waals surface area (Å²) in [6, 6.07) is 0. The lowest BCUT2D eigenvalue weighted by atomic mass is 9.98. The maximum atomic E-state index is 11.8. The third-order valence-corrected chi connectivity index (χ3v) is 2.82. The summed E-state index contributed by atoms with van der Waals surface area (Å²) >= 11 is 1.50. The van der Waals surface area contributed by atoms with E-state index in [9.17, 15) is 4.79 Å². The Labute approximate surface area is 82.2 Å². The Morgan fingerprint density at radius 3 is 2.62 bits per heavy atom. The predicted molar refractivity (Wildman–Crippen MR) is 54.3 cm³/mol. The molecule has 0 aromatic carbocycles. The van der Waals surface area contributed by atoms with Crippen LogP contribution in [0, 0.1) is 6.92 Å². The number of aromatic nitrogens is 1. The van der Waals surface area contributed by atoms with Crippen LogP contribution >= 0.6 is 11.3 Å². The standard InChI is InChI=1S/C9H14N2OS/c1-6-11-7(5-13-6)8(12)9(2,3)10-4/h5,10H,1-4H3. The van der Waals surface area contributed by atoms with Crippen LogP contribution in [0.15, 0.2) is 5.38 Å². The zero-order valence-electron chi connectivity index (χ0n) is 8.34. The molecule has 0 aliphatic rings. The van der Waals surface area contributed by atoms with Gasteiger partial charge in [0.1, 0.15) is 5.69 Å². The van der Waals surface area contributed by atoms with Crippen molar-refractivity contribution in [3.05, 3.63) is 16.1 Å². The van der Waals surface area contributed by atoms with E-state index in [1.165, 1.54) is 11.3 Å². The topological polar surface area (TPSA) is 42.0 Å². The number of rotatable bonds is 3. The number of likely N-dealkylation sites (N-methyl/N-ethyl adjacent to an activating group) is 1. The SMILES string of the molecule is CNC(C)(C)C(=O)c1csc(C)n1. The molecule has 0 amide bonds. The van der Waals surface area contributed by atoms with Crippen molar-refractivity contribution in [3.63, 3.8) is 0 Å². The molecule has 0 aliphatic carbocycles. The van der Waals surface area contributed by atoms with E-state index in [1.54, 1.807) is 12.4 Å². The van der Waals surface area contributed by atoms with Crippen LogP contribution in [0.1, 0.15) is 29.3 Å². The molecular weight excluding hydrogens is 184 g/mol. The number of Topliss-reactive ketones (excluding diaryl/α,β-unsaturated/α-hetero) is 1. The average molecular weight is 198 g/mol. The van der Waals surface area contributed by atoms with Crippen molar-refractivity contribution in [3.8, 4) is 0 Å². The number of nitrogens with one attached hydrogen (secondary N) is 1. The number of hydrogen-bond acceptors (Lipinski definition) is 4. The molecule has 1 rings (SSSR count). The predicted octanol–water partition coefficient (Wildman–Crippen LogP) is 1.63. The van der Waals surface area contributed by atoms with Gasteiger partial charge < -0.3 is 5.32 Å². The van der Waals surface area contributed by atoms with E-state index in [0.717, 1.165) is 5.01 Å². The van der Waals surface area contributed by atoms with Gasteiger partial charge in [0, 0.05) is 5.38 Å². The van der Waals surface area contributed by atoms with Crippen LogP contribution in [0.2, 0.25) is 0 Å². The number of ketones is 1. The zero-order valence-corrected chi connectivity index (χ0v) is 9.16. The van der Waals surface area contributed by atoms with Gasteiger partial charge >= 0.3 is 0 Å². The fraction of sp³-hybridized carbons (Fsp3) is 0.556.